The Kier molecular flexibility index (Phi) is 3.65. The molecule has 0 atom stereocenters. The van der Waals surface area contributed by atoms with Crippen molar-refractivity contribution >= 4 is 23.1 Å². The minimum absolute atomic E-state index is 0.0266. The maximum Gasteiger partial charge on any atom is 0.337 e. The molecule has 2 aliphatic heterocycles. The van der Waals surface area contributed by atoms with E-state index in [9.17, 15) is 19.8 Å². The minimum Gasteiger partial charge on any atom is -0.478 e. The van der Waals surface area contributed by atoms with Crippen LogP contribution in [0, 0.1) is 0 Å². The maximum atomic E-state index is 11.9. The topological polar surface area (TPSA) is 112 Å². The summed E-state index contributed by atoms with van der Waals surface area (Å²) in [7, 11) is 0. The summed E-state index contributed by atoms with van der Waals surface area (Å²) in [5.74, 6) is -1.09. The van der Waals surface area contributed by atoms with Gasteiger partial charge in [0.15, 0.2) is 23.0 Å². The fraction of sp³-hybridized carbons (Fsp3) is 0.111. The van der Waals surface area contributed by atoms with Crippen LogP contribution in [-0.4, -0.2) is 35.7 Å². The first-order valence-corrected chi connectivity index (χ1v) is 7.55. The van der Waals surface area contributed by atoms with Crippen LogP contribution in [0.2, 0.25) is 0 Å². The first kappa shape index (κ1) is 15.8. The van der Waals surface area contributed by atoms with E-state index in [2.05, 4.69) is 0 Å². The summed E-state index contributed by atoms with van der Waals surface area (Å²) in [5, 5.41) is 19.4. The summed E-state index contributed by atoms with van der Waals surface area (Å²) in [6.07, 6.45) is 0. The normalized spacial score (nSPS) is 14.8. The van der Waals surface area contributed by atoms with Crippen molar-refractivity contribution in [3.8, 4) is 23.0 Å². The van der Waals surface area contributed by atoms with Gasteiger partial charge in [0.25, 0.3) is 0 Å². The number of carbonyl (C=O) groups is 2. The van der Waals surface area contributed by atoms with Gasteiger partial charge in [0.1, 0.15) is 0 Å². The Bertz CT molecular complexity index is 882. The van der Waals surface area contributed by atoms with Gasteiger partial charge in [-0.1, -0.05) is 12.1 Å². The zero-order valence-electron chi connectivity index (χ0n) is 13.2. The lowest BCUT2D eigenvalue weighted by Crippen LogP contribution is -2.10. The van der Waals surface area contributed by atoms with Gasteiger partial charge in [0, 0.05) is 0 Å². The van der Waals surface area contributed by atoms with Crippen molar-refractivity contribution in [2.75, 3.05) is 13.6 Å². The smallest absolute Gasteiger partial charge is 0.337 e. The third-order valence-corrected chi connectivity index (χ3v) is 4.00. The Balaban J connectivity index is 1.91. The average molecular weight is 356 g/mol. The molecule has 0 unspecified atom stereocenters. The molecule has 0 aliphatic carbocycles. The van der Waals surface area contributed by atoms with Gasteiger partial charge in [-0.15, -0.1) is 0 Å². The van der Waals surface area contributed by atoms with Crippen LogP contribution in [0.3, 0.4) is 0 Å². The summed E-state index contributed by atoms with van der Waals surface area (Å²) in [5.41, 5.74) is -0.349. The molecule has 0 saturated carbocycles. The average Bonchev–Trinajstić information content (AvgIpc) is 3.26. The minimum atomic E-state index is -1.38. The van der Waals surface area contributed by atoms with Crippen molar-refractivity contribution in [2.24, 2.45) is 0 Å². The fourth-order valence-corrected chi connectivity index (χ4v) is 2.85. The summed E-state index contributed by atoms with van der Waals surface area (Å²) in [6, 6.07) is 8.93. The standard InChI is InChI=1S/C18H12O8/c19-17(20)15(9-1-3-11-13(5-9)25-7-23-11)16(18(21)22)10-2-4-12-14(6-10)26-8-24-12/h1-6H,7-8H2,(H,19,20)(H,21,22). The van der Waals surface area contributed by atoms with E-state index in [1.165, 1.54) is 24.3 Å². The largest absolute Gasteiger partial charge is 0.478 e. The van der Waals surface area contributed by atoms with Gasteiger partial charge < -0.3 is 29.2 Å². The van der Waals surface area contributed by atoms with E-state index in [0.717, 1.165) is 0 Å². The molecule has 2 aromatic carbocycles. The van der Waals surface area contributed by atoms with Gasteiger partial charge in [-0.3, -0.25) is 0 Å². The molecule has 0 fully saturated rings. The lowest BCUT2D eigenvalue weighted by molar-refractivity contribution is -0.132. The molecule has 2 aromatic rings. The van der Waals surface area contributed by atoms with Gasteiger partial charge in [0.05, 0.1) is 11.1 Å². The molecule has 2 N–H and O–H groups in total. The quantitative estimate of drug-likeness (QED) is 0.634. The Morgan fingerprint density at radius 1 is 0.654 bits per heavy atom. The summed E-state index contributed by atoms with van der Waals surface area (Å²) < 4.78 is 20.9. The molecule has 4 rings (SSSR count). The van der Waals surface area contributed by atoms with Crippen LogP contribution >= 0.6 is 0 Å². The van der Waals surface area contributed by atoms with Crippen molar-refractivity contribution in [3.63, 3.8) is 0 Å². The molecule has 0 amide bonds. The highest BCUT2D eigenvalue weighted by Gasteiger charge is 2.27. The second kappa shape index (κ2) is 5.99. The van der Waals surface area contributed by atoms with Crippen LogP contribution < -0.4 is 18.9 Å². The number of carboxylic acids is 2. The lowest BCUT2D eigenvalue weighted by Gasteiger charge is -2.11. The van der Waals surface area contributed by atoms with Crippen molar-refractivity contribution in [3.05, 3.63) is 47.5 Å². The predicted molar refractivity (Wildman–Crippen MR) is 87.2 cm³/mol. The molecule has 2 aliphatic rings. The van der Waals surface area contributed by atoms with Gasteiger partial charge in [-0.05, 0) is 35.4 Å². The Hall–Kier alpha value is -3.68. The highest BCUT2D eigenvalue weighted by molar-refractivity contribution is 6.36. The number of hydrogen-bond donors (Lipinski definition) is 2. The lowest BCUT2D eigenvalue weighted by atomic mass is 9.94. The third kappa shape index (κ3) is 2.57. The molecule has 0 bridgehead atoms. The van der Waals surface area contributed by atoms with E-state index in [0.29, 0.717) is 23.0 Å². The number of fused-ring (bicyclic) bond motifs is 2. The van der Waals surface area contributed by atoms with Gasteiger partial charge in [-0.25, -0.2) is 9.59 Å². The van der Waals surface area contributed by atoms with E-state index >= 15 is 0 Å². The van der Waals surface area contributed by atoms with Crippen LogP contribution in [0.15, 0.2) is 36.4 Å². The zero-order valence-corrected chi connectivity index (χ0v) is 13.2. The summed E-state index contributed by atoms with van der Waals surface area (Å²) in [6.45, 7) is 0.0533. The predicted octanol–water partition coefficient (Wildman–Crippen LogP) is 2.22. The molecular weight excluding hydrogens is 344 g/mol. The zero-order chi connectivity index (χ0) is 18.3. The number of hydrogen-bond acceptors (Lipinski definition) is 6. The van der Waals surface area contributed by atoms with Crippen LogP contribution in [0.4, 0.5) is 0 Å². The molecule has 132 valence electrons. The van der Waals surface area contributed by atoms with Gasteiger partial charge >= 0.3 is 11.9 Å². The van der Waals surface area contributed by atoms with E-state index in [4.69, 9.17) is 18.9 Å². The van der Waals surface area contributed by atoms with Crippen LogP contribution in [0.5, 0.6) is 23.0 Å². The second-order valence-electron chi connectivity index (χ2n) is 5.50. The molecule has 0 aromatic heterocycles. The van der Waals surface area contributed by atoms with Gasteiger partial charge in [0.2, 0.25) is 13.6 Å². The molecule has 8 nitrogen and oxygen atoms in total. The molecule has 8 heteroatoms. The van der Waals surface area contributed by atoms with E-state index in [-0.39, 0.29) is 35.9 Å². The molecule has 2 heterocycles. The molecule has 0 radical (unpaired) electrons. The number of carboxylic acid groups (broad SMARTS) is 2. The first-order chi connectivity index (χ1) is 12.5. The Morgan fingerprint density at radius 2 is 1.04 bits per heavy atom. The SMILES string of the molecule is O=C(O)C(=C(C(=O)O)c1ccc2c(c1)OCO2)c1ccc2c(c1)OCO2. The van der Waals surface area contributed by atoms with Crippen molar-refractivity contribution < 1.29 is 38.7 Å². The highest BCUT2D eigenvalue weighted by Crippen LogP contribution is 2.39. The molecule has 0 saturated heterocycles. The van der Waals surface area contributed by atoms with Crippen molar-refractivity contribution in [1.82, 2.24) is 0 Å². The fourth-order valence-electron chi connectivity index (χ4n) is 2.85. The second-order valence-corrected chi connectivity index (χ2v) is 5.50. The van der Waals surface area contributed by atoms with E-state index in [1.807, 2.05) is 0 Å². The monoisotopic (exact) mass is 356 g/mol. The number of benzene rings is 2. The molecule has 0 spiro atoms. The van der Waals surface area contributed by atoms with Crippen LogP contribution in [-0.2, 0) is 9.59 Å². The van der Waals surface area contributed by atoms with E-state index < -0.39 is 11.9 Å². The van der Waals surface area contributed by atoms with Crippen molar-refractivity contribution in [2.45, 2.75) is 0 Å². The molecular formula is C18H12O8. The number of aliphatic carboxylic acids is 2. The number of rotatable bonds is 4. The van der Waals surface area contributed by atoms with Crippen LogP contribution in [0.25, 0.3) is 11.1 Å². The van der Waals surface area contributed by atoms with Crippen molar-refractivity contribution in [1.29, 1.82) is 0 Å². The Morgan fingerprint density at radius 3 is 1.42 bits per heavy atom. The summed E-state index contributed by atoms with van der Waals surface area (Å²) in [4.78, 5) is 23.8. The maximum absolute atomic E-state index is 11.9. The molecule has 26 heavy (non-hydrogen) atoms. The first-order valence-electron chi connectivity index (χ1n) is 7.55. The number of ether oxygens (including phenoxy) is 4. The summed E-state index contributed by atoms with van der Waals surface area (Å²) >= 11 is 0. The Labute approximate surface area is 146 Å². The third-order valence-electron chi connectivity index (χ3n) is 4.00. The van der Waals surface area contributed by atoms with E-state index in [1.54, 1.807) is 12.1 Å². The van der Waals surface area contributed by atoms with Crippen LogP contribution in [0.1, 0.15) is 11.1 Å². The highest BCUT2D eigenvalue weighted by atomic mass is 16.7. The van der Waals surface area contributed by atoms with Gasteiger partial charge in [-0.2, -0.15) is 0 Å².